The van der Waals surface area contributed by atoms with Crippen molar-refractivity contribution >= 4 is 63.3 Å². The molecule has 2 unspecified atom stereocenters. The van der Waals surface area contributed by atoms with Crippen LogP contribution in [0.1, 0.15) is 0 Å². The quantitative estimate of drug-likeness (QED) is 0.259. The molecule has 4 aromatic carbocycles. The molecule has 5 nitrogen and oxygen atoms in total. The van der Waals surface area contributed by atoms with Gasteiger partial charge in [0.05, 0.1) is 22.7 Å². The minimum Gasteiger partial charge on any atom is -0.325 e. The lowest BCUT2D eigenvalue weighted by molar-refractivity contribution is -0.113. The van der Waals surface area contributed by atoms with E-state index in [9.17, 15) is 9.59 Å². The number of nitrogens with zero attached hydrogens (tertiary/aromatic N) is 1. The molecule has 2 atom stereocenters. The number of hydrogen-bond acceptors (Lipinski definition) is 4. The number of benzene rings is 4. The van der Waals surface area contributed by atoms with Crippen LogP contribution in [-0.2, 0) is 4.79 Å². The minimum atomic E-state index is -0.177. The SMILES string of the molecule is O=C(CSc1cccc(NC(=O)N2c3ccccc3SC3C=CC=CC32)c1)Nc1ccc2ccccc2c1. The van der Waals surface area contributed by atoms with Gasteiger partial charge < -0.3 is 10.6 Å². The fraction of sp³-hybridized carbons (Fsp3) is 0.0968. The van der Waals surface area contributed by atoms with Gasteiger partial charge in [-0.05, 0) is 53.2 Å². The zero-order chi connectivity index (χ0) is 25.9. The summed E-state index contributed by atoms with van der Waals surface area (Å²) < 4.78 is 0. The molecule has 0 aromatic heterocycles. The summed E-state index contributed by atoms with van der Waals surface area (Å²) >= 11 is 3.21. The number of urea groups is 1. The molecule has 4 aromatic rings. The van der Waals surface area contributed by atoms with E-state index < -0.39 is 0 Å². The fourth-order valence-corrected chi connectivity index (χ4v) is 6.70. The van der Waals surface area contributed by atoms with Gasteiger partial charge >= 0.3 is 6.03 Å². The summed E-state index contributed by atoms with van der Waals surface area (Å²) in [5.74, 6) is 0.187. The topological polar surface area (TPSA) is 61.4 Å². The monoisotopic (exact) mass is 535 g/mol. The highest BCUT2D eigenvalue weighted by atomic mass is 32.2. The molecular formula is C31H25N3O2S2. The highest BCUT2D eigenvalue weighted by Crippen LogP contribution is 2.43. The van der Waals surface area contributed by atoms with Crippen molar-refractivity contribution in [3.63, 3.8) is 0 Å². The maximum atomic E-state index is 13.5. The van der Waals surface area contributed by atoms with Crippen LogP contribution in [0, 0.1) is 0 Å². The summed E-state index contributed by atoms with van der Waals surface area (Å²) in [5, 5.41) is 8.45. The predicted molar refractivity (Wildman–Crippen MR) is 159 cm³/mol. The summed E-state index contributed by atoms with van der Waals surface area (Å²) in [6.45, 7) is 0. The first-order valence-corrected chi connectivity index (χ1v) is 14.2. The lowest BCUT2D eigenvalue weighted by Gasteiger charge is -2.40. The number of anilines is 3. The number of amides is 3. The molecule has 0 bridgehead atoms. The Morgan fingerprint density at radius 3 is 2.50 bits per heavy atom. The Balaban J connectivity index is 1.11. The molecule has 2 aliphatic rings. The van der Waals surface area contributed by atoms with Crippen molar-refractivity contribution in [2.45, 2.75) is 21.1 Å². The third-order valence-corrected chi connectivity index (χ3v) is 8.75. The highest BCUT2D eigenvalue weighted by molar-refractivity contribution is 8.00. The molecule has 7 heteroatoms. The van der Waals surface area contributed by atoms with Crippen LogP contribution in [0.4, 0.5) is 21.9 Å². The van der Waals surface area contributed by atoms with Gasteiger partial charge in [0, 0.05) is 21.2 Å². The molecular weight excluding hydrogens is 510 g/mol. The molecule has 38 heavy (non-hydrogen) atoms. The molecule has 0 saturated carbocycles. The van der Waals surface area contributed by atoms with E-state index in [0.717, 1.165) is 31.9 Å². The van der Waals surface area contributed by atoms with E-state index in [0.29, 0.717) is 5.69 Å². The van der Waals surface area contributed by atoms with Crippen LogP contribution in [0.3, 0.4) is 0 Å². The molecule has 6 rings (SSSR count). The largest absolute Gasteiger partial charge is 0.326 e. The Morgan fingerprint density at radius 1 is 0.789 bits per heavy atom. The standard InChI is InChI=1S/C31H25N3O2S2/c35-30(32-24-17-16-21-8-1-2-9-22(21)18-24)20-37-25-11-7-10-23(19-25)33-31(36)34-26-12-3-5-14-28(26)38-29-15-6-4-13-27(29)34/h1-19,26,28H,20H2,(H,32,35)(H,33,36). The van der Waals surface area contributed by atoms with Crippen LogP contribution in [0.2, 0.25) is 0 Å². The molecule has 1 aliphatic heterocycles. The minimum absolute atomic E-state index is 0.0590. The summed E-state index contributed by atoms with van der Waals surface area (Å²) in [6, 6.07) is 29.4. The van der Waals surface area contributed by atoms with E-state index >= 15 is 0 Å². The predicted octanol–water partition coefficient (Wildman–Crippen LogP) is 7.58. The van der Waals surface area contributed by atoms with Crippen LogP contribution < -0.4 is 15.5 Å². The highest BCUT2D eigenvalue weighted by Gasteiger charge is 2.36. The maximum absolute atomic E-state index is 13.5. The molecule has 3 amide bonds. The lowest BCUT2D eigenvalue weighted by atomic mass is 10.1. The number of carbonyl (C=O) groups excluding carboxylic acids is 2. The van der Waals surface area contributed by atoms with Gasteiger partial charge in [-0.1, -0.05) is 72.8 Å². The van der Waals surface area contributed by atoms with Crippen LogP contribution in [0.25, 0.3) is 10.8 Å². The Hall–Kier alpha value is -3.94. The van der Waals surface area contributed by atoms with Gasteiger partial charge in [-0.25, -0.2) is 4.79 Å². The molecule has 2 N–H and O–H groups in total. The zero-order valence-electron chi connectivity index (χ0n) is 20.4. The van der Waals surface area contributed by atoms with E-state index in [1.807, 2.05) is 102 Å². The number of thioether (sulfide) groups is 2. The lowest BCUT2D eigenvalue weighted by Crippen LogP contribution is -2.49. The van der Waals surface area contributed by atoms with Crippen molar-refractivity contribution in [2.75, 3.05) is 21.3 Å². The first-order chi connectivity index (χ1) is 18.6. The second-order valence-corrected chi connectivity index (χ2v) is 11.3. The normalized spacial score (nSPS) is 17.5. The van der Waals surface area contributed by atoms with Gasteiger partial charge in [0.25, 0.3) is 0 Å². The number of fused-ring (bicyclic) bond motifs is 3. The van der Waals surface area contributed by atoms with Gasteiger partial charge in [-0.2, -0.15) is 0 Å². The summed E-state index contributed by atoms with van der Waals surface area (Å²) in [5.41, 5.74) is 2.38. The Bertz CT molecular complexity index is 1580. The first kappa shape index (κ1) is 24.4. The molecule has 0 fully saturated rings. The number of nitrogens with one attached hydrogen (secondary N) is 2. The average molecular weight is 536 g/mol. The van der Waals surface area contributed by atoms with Crippen molar-refractivity contribution in [1.29, 1.82) is 0 Å². The molecule has 1 heterocycles. The molecule has 188 valence electrons. The van der Waals surface area contributed by atoms with Gasteiger partial charge in [0.15, 0.2) is 0 Å². The number of carbonyl (C=O) groups is 2. The molecule has 0 saturated heterocycles. The third-order valence-electron chi connectivity index (χ3n) is 6.45. The van der Waals surface area contributed by atoms with Crippen molar-refractivity contribution in [3.05, 3.63) is 115 Å². The average Bonchev–Trinajstić information content (AvgIpc) is 2.95. The van der Waals surface area contributed by atoms with Crippen LogP contribution in [-0.4, -0.2) is 29.0 Å². The fourth-order valence-electron chi connectivity index (χ4n) is 4.69. The van der Waals surface area contributed by atoms with Crippen LogP contribution in [0.15, 0.2) is 125 Å². The van der Waals surface area contributed by atoms with E-state index in [1.165, 1.54) is 11.8 Å². The van der Waals surface area contributed by atoms with Gasteiger partial charge in [0.1, 0.15) is 0 Å². The Morgan fingerprint density at radius 2 is 1.58 bits per heavy atom. The van der Waals surface area contributed by atoms with E-state index in [4.69, 9.17) is 0 Å². The number of allylic oxidation sites excluding steroid dienone is 2. The van der Waals surface area contributed by atoms with Gasteiger partial charge in [-0.15, -0.1) is 23.5 Å². The summed E-state index contributed by atoms with van der Waals surface area (Å²) in [4.78, 5) is 30.0. The van der Waals surface area contributed by atoms with Crippen molar-refractivity contribution in [3.8, 4) is 0 Å². The first-order valence-electron chi connectivity index (χ1n) is 12.4. The van der Waals surface area contributed by atoms with Gasteiger partial charge in [0.2, 0.25) is 5.91 Å². The number of rotatable bonds is 5. The molecule has 1 aliphatic carbocycles. The Labute approximate surface area is 230 Å². The van der Waals surface area contributed by atoms with E-state index in [1.54, 1.807) is 11.8 Å². The van der Waals surface area contributed by atoms with Crippen LogP contribution >= 0.6 is 23.5 Å². The van der Waals surface area contributed by atoms with Crippen molar-refractivity contribution < 1.29 is 9.59 Å². The number of para-hydroxylation sites is 1. The zero-order valence-corrected chi connectivity index (χ0v) is 22.0. The van der Waals surface area contributed by atoms with E-state index in [-0.39, 0.29) is 29.0 Å². The summed E-state index contributed by atoms with van der Waals surface area (Å²) in [6.07, 6.45) is 8.25. The maximum Gasteiger partial charge on any atom is 0.326 e. The second kappa shape index (κ2) is 10.8. The van der Waals surface area contributed by atoms with E-state index in [2.05, 4.69) is 28.9 Å². The van der Waals surface area contributed by atoms with Crippen molar-refractivity contribution in [2.24, 2.45) is 0 Å². The smallest absolute Gasteiger partial charge is 0.325 e. The molecule has 0 radical (unpaired) electrons. The van der Waals surface area contributed by atoms with Gasteiger partial charge in [-0.3, -0.25) is 9.69 Å². The third kappa shape index (κ3) is 5.21. The number of hydrogen-bond donors (Lipinski definition) is 2. The van der Waals surface area contributed by atoms with Crippen LogP contribution in [0.5, 0.6) is 0 Å². The van der Waals surface area contributed by atoms with Crippen molar-refractivity contribution in [1.82, 2.24) is 0 Å². The second-order valence-electron chi connectivity index (χ2n) is 9.04. The summed E-state index contributed by atoms with van der Waals surface area (Å²) in [7, 11) is 0. The molecule has 0 spiro atoms. The Kier molecular flexibility index (Phi) is 6.94.